The number of hydrogen-bond acceptors (Lipinski definition) is 2. The number of halogens is 3. The maximum atomic E-state index is 12.9. The fraction of sp³-hybridized carbons (Fsp3) is 0.600. The molecule has 2 saturated heterocycles. The third kappa shape index (κ3) is 2.92. The van der Waals surface area contributed by atoms with Crippen LogP contribution in [-0.4, -0.2) is 18.2 Å². The van der Waals surface area contributed by atoms with Crippen LogP contribution in [0.15, 0.2) is 24.3 Å². The summed E-state index contributed by atoms with van der Waals surface area (Å²) in [5, 5.41) is 3.51. The topological polar surface area (TPSA) is 21.3 Å². The van der Waals surface area contributed by atoms with Gasteiger partial charge >= 0.3 is 6.18 Å². The van der Waals surface area contributed by atoms with Gasteiger partial charge in [-0.15, -0.1) is 0 Å². The monoisotopic (exact) mass is 285 g/mol. The van der Waals surface area contributed by atoms with Gasteiger partial charge < -0.3 is 10.1 Å². The molecular formula is C15H18F3NO. The fourth-order valence-electron chi connectivity index (χ4n) is 3.29. The molecule has 110 valence electrons. The van der Waals surface area contributed by atoms with Gasteiger partial charge in [0.2, 0.25) is 0 Å². The van der Waals surface area contributed by atoms with E-state index in [1.54, 1.807) is 6.07 Å². The summed E-state index contributed by atoms with van der Waals surface area (Å²) in [5.41, 5.74) is -0.677. The number of fused-ring (bicyclic) bond motifs is 2. The number of nitrogens with one attached hydrogen (secondary N) is 1. The first kappa shape index (κ1) is 13.7. The van der Waals surface area contributed by atoms with Gasteiger partial charge in [0, 0.05) is 12.1 Å². The zero-order valence-electron chi connectivity index (χ0n) is 11.1. The van der Waals surface area contributed by atoms with Crippen molar-refractivity contribution in [2.45, 2.75) is 56.5 Å². The van der Waals surface area contributed by atoms with Crippen LogP contribution in [-0.2, 0) is 6.18 Å². The van der Waals surface area contributed by atoms with Gasteiger partial charge in [-0.1, -0.05) is 18.6 Å². The molecule has 0 spiro atoms. The first-order valence-corrected chi connectivity index (χ1v) is 7.11. The minimum Gasteiger partial charge on any atom is -0.490 e. The maximum Gasteiger partial charge on any atom is 0.419 e. The van der Waals surface area contributed by atoms with Gasteiger partial charge in [0.05, 0.1) is 5.56 Å². The van der Waals surface area contributed by atoms with E-state index in [0.717, 1.165) is 31.7 Å². The third-order valence-electron chi connectivity index (χ3n) is 4.16. The summed E-state index contributed by atoms with van der Waals surface area (Å²) in [5.74, 6) is -0.0371. The van der Waals surface area contributed by atoms with Crippen molar-refractivity contribution in [1.29, 1.82) is 0 Å². The Morgan fingerprint density at radius 3 is 2.35 bits per heavy atom. The Balaban J connectivity index is 1.75. The number of alkyl halides is 3. The van der Waals surface area contributed by atoms with Crippen LogP contribution in [0.3, 0.4) is 0 Å². The molecule has 2 fully saturated rings. The molecule has 3 rings (SSSR count). The first-order valence-electron chi connectivity index (χ1n) is 7.11. The number of para-hydroxylation sites is 1. The van der Waals surface area contributed by atoms with Crippen molar-refractivity contribution < 1.29 is 17.9 Å². The predicted molar refractivity (Wildman–Crippen MR) is 69.7 cm³/mol. The number of piperidine rings is 2. The van der Waals surface area contributed by atoms with Gasteiger partial charge in [-0.25, -0.2) is 0 Å². The van der Waals surface area contributed by atoms with Crippen LogP contribution in [0.2, 0.25) is 0 Å². The smallest absolute Gasteiger partial charge is 0.419 e. The van der Waals surface area contributed by atoms with Crippen molar-refractivity contribution in [3.05, 3.63) is 29.8 Å². The zero-order chi connectivity index (χ0) is 14.2. The molecule has 2 aliphatic rings. The Labute approximate surface area is 116 Å². The van der Waals surface area contributed by atoms with E-state index >= 15 is 0 Å². The summed E-state index contributed by atoms with van der Waals surface area (Å²) in [6.45, 7) is 0. The van der Waals surface area contributed by atoms with Gasteiger partial charge in [0.1, 0.15) is 11.9 Å². The Hall–Kier alpha value is -1.23. The van der Waals surface area contributed by atoms with Crippen molar-refractivity contribution in [3.8, 4) is 5.75 Å². The lowest BCUT2D eigenvalue weighted by atomic mass is 9.85. The molecular weight excluding hydrogens is 267 g/mol. The molecule has 2 heterocycles. The summed E-state index contributed by atoms with van der Waals surface area (Å²) in [6, 6.07) is 6.27. The normalized spacial score (nSPS) is 30.1. The predicted octanol–water partition coefficient (Wildman–Crippen LogP) is 3.76. The molecule has 1 aromatic carbocycles. The second-order valence-electron chi connectivity index (χ2n) is 5.70. The maximum absolute atomic E-state index is 12.9. The second-order valence-corrected chi connectivity index (χ2v) is 5.70. The van der Waals surface area contributed by atoms with Crippen molar-refractivity contribution in [2.24, 2.45) is 0 Å². The van der Waals surface area contributed by atoms with E-state index in [1.165, 1.54) is 18.6 Å². The Kier molecular flexibility index (Phi) is 3.63. The molecule has 0 amide bonds. The zero-order valence-corrected chi connectivity index (χ0v) is 11.1. The lowest BCUT2D eigenvalue weighted by Gasteiger charge is -2.40. The van der Waals surface area contributed by atoms with Gasteiger partial charge in [-0.05, 0) is 37.8 Å². The van der Waals surface area contributed by atoms with Crippen molar-refractivity contribution in [3.63, 3.8) is 0 Å². The lowest BCUT2D eigenvalue weighted by molar-refractivity contribution is -0.139. The number of rotatable bonds is 2. The molecule has 2 atom stereocenters. The second kappa shape index (κ2) is 5.28. The average Bonchev–Trinajstić information content (AvgIpc) is 2.37. The first-order chi connectivity index (χ1) is 9.52. The molecule has 0 aliphatic carbocycles. The molecule has 0 saturated carbocycles. The standard InChI is InChI=1S/C15H18F3NO/c16-15(17,18)13-6-1-2-7-14(13)20-12-8-10-4-3-5-11(9-12)19-10/h1-2,6-7,10-12,19H,3-5,8-9H2. The minimum absolute atomic E-state index is 0.0371. The van der Waals surface area contributed by atoms with Crippen LogP contribution in [0.25, 0.3) is 0 Å². The lowest BCUT2D eigenvalue weighted by Crippen LogP contribution is -2.51. The molecule has 5 heteroatoms. The SMILES string of the molecule is FC(F)(F)c1ccccc1OC1CC2CCCC(C1)N2. The summed E-state index contributed by atoms with van der Waals surface area (Å²) in [7, 11) is 0. The van der Waals surface area contributed by atoms with E-state index in [-0.39, 0.29) is 11.9 Å². The van der Waals surface area contributed by atoms with E-state index in [2.05, 4.69) is 5.32 Å². The van der Waals surface area contributed by atoms with E-state index in [1.807, 2.05) is 0 Å². The van der Waals surface area contributed by atoms with Crippen LogP contribution in [0.5, 0.6) is 5.75 Å². The highest BCUT2D eigenvalue weighted by Gasteiger charge is 2.36. The minimum atomic E-state index is -4.36. The molecule has 1 N–H and O–H groups in total. The molecule has 1 aromatic rings. The highest BCUT2D eigenvalue weighted by Crippen LogP contribution is 2.37. The molecule has 2 nitrogen and oxygen atoms in total. The van der Waals surface area contributed by atoms with Crippen molar-refractivity contribution >= 4 is 0 Å². The van der Waals surface area contributed by atoms with E-state index < -0.39 is 11.7 Å². The van der Waals surface area contributed by atoms with E-state index in [9.17, 15) is 13.2 Å². The molecule has 0 aromatic heterocycles. The van der Waals surface area contributed by atoms with Crippen molar-refractivity contribution in [1.82, 2.24) is 5.32 Å². The molecule has 2 unspecified atom stereocenters. The molecule has 20 heavy (non-hydrogen) atoms. The van der Waals surface area contributed by atoms with Crippen molar-refractivity contribution in [2.75, 3.05) is 0 Å². The molecule has 0 radical (unpaired) electrons. The van der Waals surface area contributed by atoms with Gasteiger partial charge in [0.15, 0.2) is 0 Å². The van der Waals surface area contributed by atoms with Gasteiger partial charge in [0.25, 0.3) is 0 Å². The molecule has 2 aliphatic heterocycles. The highest BCUT2D eigenvalue weighted by molar-refractivity contribution is 5.35. The molecule has 2 bridgehead atoms. The number of benzene rings is 1. The van der Waals surface area contributed by atoms with Gasteiger partial charge in [-0.2, -0.15) is 13.2 Å². The van der Waals surface area contributed by atoms with E-state index in [0.29, 0.717) is 12.1 Å². The Morgan fingerprint density at radius 2 is 1.70 bits per heavy atom. The number of ether oxygens (including phenoxy) is 1. The van der Waals surface area contributed by atoms with Crippen LogP contribution in [0.4, 0.5) is 13.2 Å². The number of hydrogen-bond donors (Lipinski definition) is 1. The fourth-order valence-corrected chi connectivity index (χ4v) is 3.29. The largest absolute Gasteiger partial charge is 0.490 e. The Morgan fingerprint density at radius 1 is 1.05 bits per heavy atom. The quantitative estimate of drug-likeness (QED) is 0.893. The average molecular weight is 285 g/mol. The third-order valence-corrected chi connectivity index (χ3v) is 4.16. The summed E-state index contributed by atoms with van der Waals surface area (Å²) < 4.78 is 44.5. The van der Waals surface area contributed by atoms with Gasteiger partial charge in [-0.3, -0.25) is 0 Å². The van der Waals surface area contributed by atoms with Crippen LogP contribution >= 0.6 is 0 Å². The van der Waals surface area contributed by atoms with E-state index in [4.69, 9.17) is 4.74 Å². The van der Waals surface area contributed by atoms with Crippen LogP contribution in [0, 0.1) is 0 Å². The highest BCUT2D eigenvalue weighted by atomic mass is 19.4. The summed E-state index contributed by atoms with van der Waals surface area (Å²) >= 11 is 0. The summed E-state index contributed by atoms with van der Waals surface area (Å²) in [6.07, 6.45) is 0.503. The van der Waals surface area contributed by atoms with Crippen LogP contribution in [0.1, 0.15) is 37.7 Å². The summed E-state index contributed by atoms with van der Waals surface area (Å²) in [4.78, 5) is 0. The Bertz CT molecular complexity index is 462. The van der Waals surface area contributed by atoms with Crippen LogP contribution < -0.4 is 10.1 Å².